The van der Waals surface area contributed by atoms with Gasteiger partial charge < -0.3 is 9.80 Å². The van der Waals surface area contributed by atoms with Gasteiger partial charge >= 0.3 is 0 Å². The van der Waals surface area contributed by atoms with Crippen molar-refractivity contribution in [3.63, 3.8) is 0 Å². The number of nitro groups is 1. The van der Waals surface area contributed by atoms with Crippen molar-refractivity contribution in [2.24, 2.45) is 0 Å². The van der Waals surface area contributed by atoms with Gasteiger partial charge in [0.05, 0.1) is 15.5 Å². The SMILES string of the molecule is Cc1ccc(C(=O)N2CCN(c3ccc([N+](=O)[O-])cc3)CC2)c(Cl)c1. The average Bonchev–Trinajstić information content (AvgIpc) is 2.61. The minimum absolute atomic E-state index is 0.0617. The van der Waals surface area contributed by atoms with E-state index in [0.717, 1.165) is 11.3 Å². The Balaban J connectivity index is 1.65. The van der Waals surface area contributed by atoms with Crippen molar-refractivity contribution in [3.05, 3.63) is 68.7 Å². The van der Waals surface area contributed by atoms with Crippen molar-refractivity contribution in [2.45, 2.75) is 6.92 Å². The number of carbonyl (C=O) groups is 1. The fourth-order valence-corrected chi connectivity index (χ4v) is 3.23. The molecule has 1 heterocycles. The summed E-state index contributed by atoms with van der Waals surface area (Å²) in [5.41, 5.74) is 2.54. The van der Waals surface area contributed by atoms with Crippen LogP contribution in [0, 0.1) is 17.0 Å². The Bertz CT molecular complexity index is 800. The number of hydrogen-bond acceptors (Lipinski definition) is 4. The maximum absolute atomic E-state index is 12.6. The third-order valence-electron chi connectivity index (χ3n) is 4.35. The van der Waals surface area contributed by atoms with Crippen molar-refractivity contribution in [3.8, 4) is 0 Å². The van der Waals surface area contributed by atoms with Gasteiger partial charge in [0, 0.05) is 44.0 Å². The highest BCUT2D eigenvalue weighted by atomic mass is 35.5. The van der Waals surface area contributed by atoms with Gasteiger partial charge in [-0.2, -0.15) is 0 Å². The Morgan fingerprint density at radius 1 is 1.08 bits per heavy atom. The number of non-ortho nitro benzene ring substituents is 1. The summed E-state index contributed by atoms with van der Waals surface area (Å²) in [6.45, 7) is 4.45. The van der Waals surface area contributed by atoms with E-state index in [4.69, 9.17) is 11.6 Å². The molecule has 0 saturated carbocycles. The predicted octanol–water partition coefficient (Wildman–Crippen LogP) is 3.52. The number of hydrogen-bond donors (Lipinski definition) is 0. The number of carbonyl (C=O) groups excluding carboxylic acids is 1. The van der Waals surface area contributed by atoms with Gasteiger partial charge in [0.15, 0.2) is 0 Å². The average molecular weight is 360 g/mol. The molecule has 1 saturated heterocycles. The summed E-state index contributed by atoms with van der Waals surface area (Å²) in [5.74, 6) is -0.0617. The first-order chi connectivity index (χ1) is 12.0. The number of nitrogens with zero attached hydrogens (tertiary/aromatic N) is 3. The van der Waals surface area contributed by atoms with Crippen LogP contribution < -0.4 is 4.90 Å². The number of halogens is 1. The second-order valence-electron chi connectivity index (χ2n) is 6.04. The molecule has 0 aliphatic carbocycles. The van der Waals surface area contributed by atoms with Gasteiger partial charge in [-0.3, -0.25) is 14.9 Å². The van der Waals surface area contributed by atoms with Gasteiger partial charge in [0.1, 0.15) is 0 Å². The molecule has 1 aliphatic rings. The minimum Gasteiger partial charge on any atom is -0.368 e. The molecule has 3 rings (SSSR count). The molecule has 1 amide bonds. The van der Waals surface area contributed by atoms with Crippen LogP contribution >= 0.6 is 11.6 Å². The fourth-order valence-electron chi connectivity index (χ4n) is 2.92. The van der Waals surface area contributed by atoms with Gasteiger partial charge in [0.25, 0.3) is 11.6 Å². The first-order valence-electron chi connectivity index (χ1n) is 8.00. The first kappa shape index (κ1) is 17.2. The van der Waals surface area contributed by atoms with E-state index in [2.05, 4.69) is 4.90 Å². The van der Waals surface area contributed by atoms with Crippen molar-refractivity contribution in [2.75, 3.05) is 31.1 Å². The standard InChI is InChI=1S/C18H18ClN3O3/c1-13-2-7-16(17(19)12-13)18(23)21-10-8-20(9-11-21)14-3-5-15(6-4-14)22(24)25/h2-7,12H,8-11H2,1H3. The Kier molecular flexibility index (Phi) is 4.90. The molecular formula is C18H18ClN3O3. The van der Waals surface area contributed by atoms with E-state index in [1.54, 1.807) is 29.2 Å². The summed E-state index contributed by atoms with van der Waals surface area (Å²) >= 11 is 6.20. The molecule has 0 unspecified atom stereocenters. The maximum atomic E-state index is 12.6. The monoisotopic (exact) mass is 359 g/mol. The topological polar surface area (TPSA) is 66.7 Å². The lowest BCUT2D eigenvalue weighted by molar-refractivity contribution is -0.384. The van der Waals surface area contributed by atoms with Gasteiger partial charge in [-0.05, 0) is 36.8 Å². The zero-order valence-electron chi connectivity index (χ0n) is 13.8. The highest BCUT2D eigenvalue weighted by Gasteiger charge is 2.24. The zero-order chi connectivity index (χ0) is 18.0. The van der Waals surface area contributed by atoms with Crippen LogP contribution in [0.1, 0.15) is 15.9 Å². The van der Waals surface area contributed by atoms with Gasteiger partial charge in [-0.25, -0.2) is 0 Å². The lowest BCUT2D eigenvalue weighted by atomic mass is 10.1. The zero-order valence-corrected chi connectivity index (χ0v) is 14.6. The second-order valence-corrected chi connectivity index (χ2v) is 6.44. The van der Waals surface area contributed by atoms with Crippen molar-refractivity contribution < 1.29 is 9.72 Å². The van der Waals surface area contributed by atoms with E-state index in [1.807, 2.05) is 13.0 Å². The van der Waals surface area contributed by atoms with E-state index in [0.29, 0.717) is 36.8 Å². The van der Waals surface area contributed by atoms with Gasteiger partial charge in [-0.15, -0.1) is 0 Å². The number of anilines is 1. The number of aryl methyl sites for hydroxylation is 1. The first-order valence-corrected chi connectivity index (χ1v) is 8.38. The van der Waals surface area contributed by atoms with Crippen molar-refractivity contribution in [1.29, 1.82) is 0 Å². The molecule has 7 heteroatoms. The van der Waals surface area contributed by atoms with E-state index < -0.39 is 4.92 Å². The summed E-state index contributed by atoms with van der Waals surface area (Å²) in [5, 5.41) is 11.2. The summed E-state index contributed by atoms with van der Waals surface area (Å²) in [6.07, 6.45) is 0. The van der Waals surface area contributed by atoms with Gasteiger partial charge in [-0.1, -0.05) is 17.7 Å². The van der Waals surface area contributed by atoms with Crippen LogP contribution in [0.15, 0.2) is 42.5 Å². The smallest absolute Gasteiger partial charge is 0.269 e. The third-order valence-corrected chi connectivity index (χ3v) is 4.66. The number of nitro benzene ring substituents is 1. The normalized spacial score (nSPS) is 14.5. The minimum atomic E-state index is -0.411. The molecule has 0 atom stereocenters. The Hall–Kier alpha value is -2.60. The lowest BCUT2D eigenvalue weighted by Gasteiger charge is -2.36. The molecule has 6 nitrogen and oxygen atoms in total. The largest absolute Gasteiger partial charge is 0.368 e. The molecule has 25 heavy (non-hydrogen) atoms. The number of benzene rings is 2. The van der Waals surface area contributed by atoms with E-state index in [1.165, 1.54) is 12.1 Å². The Labute approximate surface area is 150 Å². The second kappa shape index (κ2) is 7.11. The van der Waals surface area contributed by atoms with Crippen molar-refractivity contribution >= 4 is 28.9 Å². The maximum Gasteiger partial charge on any atom is 0.269 e. The van der Waals surface area contributed by atoms with Crippen LogP contribution in [0.2, 0.25) is 5.02 Å². The molecule has 0 N–H and O–H groups in total. The molecule has 130 valence electrons. The number of rotatable bonds is 3. The summed E-state index contributed by atoms with van der Waals surface area (Å²) in [7, 11) is 0. The highest BCUT2D eigenvalue weighted by Crippen LogP contribution is 2.23. The molecular weight excluding hydrogens is 342 g/mol. The van der Waals surface area contributed by atoms with Crippen LogP contribution in [0.4, 0.5) is 11.4 Å². The van der Waals surface area contributed by atoms with E-state index >= 15 is 0 Å². The number of piperazine rings is 1. The fraction of sp³-hybridized carbons (Fsp3) is 0.278. The molecule has 1 fully saturated rings. The Morgan fingerprint density at radius 3 is 2.28 bits per heavy atom. The lowest BCUT2D eigenvalue weighted by Crippen LogP contribution is -2.48. The van der Waals surface area contributed by atoms with Crippen LogP contribution in [0.5, 0.6) is 0 Å². The summed E-state index contributed by atoms with van der Waals surface area (Å²) < 4.78 is 0. The molecule has 1 aliphatic heterocycles. The highest BCUT2D eigenvalue weighted by molar-refractivity contribution is 6.33. The Morgan fingerprint density at radius 2 is 1.72 bits per heavy atom. The van der Waals surface area contributed by atoms with Gasteiger partial charge in [0.2, 0.25) is 0 Å². The molecule has 0 aromatic heterocycles. The number of amides is 1. The molecule has 0 radical (unpaired) electrons. The van der Waals surface area contributed by atoms with Crippen LogP contribution in [-0.4, -0.2) is 41.9 Å². The quantitative estimate of drug-likeness (QED) is 0.621. The van der Waals surface area contributed by atoms with E-state index in [-0.39, 0.29) is 11.6 Å². The third kappa shape index (κ3) is 3.74. The van der Waals surface area contributed by atoms with Crippen molar-refractivity contribution in [1.82, 2.24) is 4.90 Å². The predicted molar refractivity (Wildman–Crippen MR) is 97.4 cm³/mol. The van der Waals surface area contributed by atoms with Crippen LogP contribution in [0.3, 0.4) is 0 Å². The summed E-state index contributed by atoms with van der Waals surface area (Å²) in [4.78, 5) is 26.9. The van der Waals surface area contributed by atoms with Crippen LogP contribution in [0.25, 0.3) is 0 Å². The molecule has 0 bridgehead atoms. The molecule has 0 spiro atoms. The van der Waals surface area contributed by atoms with Crippen LogP contribution in [-0.2, 0) is 0 Å². The molecule has 2 aromatic rings. The van der Waals surface area contributed by atoms with E-state index in [9.17, 15) is 14.9 Å². The summed E-state index contributed by atoms with van der Waals surface area (Å²) in [6, 6.07) is 11.9. The molecule has 2 aromatic carbocycles.